The second-order valence-electron chi connectivity index (χ2n) is 6.97. The lowest BCUT2D eigenvalue weighted by atomic mass is 10.1. The largest absolute Gasteiger partial charge is 0.383 e. The summed E-state index contributed by atoms with van der Waals surface area (Å²) in [6.45, 7) is 1.82. The van der Waals surface area contributed by atoms with Crippen LogP contribution >= 0.6 is 0 Å². The van der Waals surface area contributed by atoms with E-state index < -0.39 is 23.0 Å². The van der Waals surface area contributed by atoms with Crippen molar-refractivity contribution in [2.75, 3.05) is 30.9 Å². The number of aromatic amines is 1. The monoisotopic (exact) mass is 426 g/mol. The number of hydrogen-bond donors (Lipinski definition) is 2. The Morgan fingerprint density at radius 3 is 2.58 bits per heavy atom. The van der Waals surface area contributed by atoms with Crippen LogP contribution in [0.5, 0.6) is 0 Å². The van der Waals surface area contributed by atoms with E-state index in [2.05, 4.69) is 4.98 Å². The second kappa shape index (κ2) is 9.40. The lowest BCUT2D eigenvalue weighted by Gasteiger charge is -2.25. The highest BCUT2D eigenvalue weighted by atomic mass is 19.1. The molecule has 1 heterocycles. The van der Waals surface area contributed by atoms with E-state index in [0.29, 0.717) is 5.56 Å². The molecule has 1 aromatic heterocycles. The molecule has 3 N–H and O–H groups in total. The Balaban J connectivity index is 2.14. The van der Waals surface area contributed by atoms with E-state index in [9.17, 15) is 18.8 Å². The normalized spacial score (nSPS) is 10.8. The van der Waals surface area contributed by atoms with Crippen molar-refractivity contribution in [1.29, 1.82) is 0 Å². The Morgan fingerprint density at radius 2 is 1.90 bits per heavy atom. The Hall–Kier alpha value is -3.72. The maximum Gasteiger partial charge on any atom is 0.330 e. The first-order valence-corrected chi connectivity index (χ1v) is 9.57. The molecule has 9 heteroatoms. The zero-order valence-corrected chi connectivity index (χ0v) is 17.2. The molecule has 0 spiro atoms. The smallest absolute Gasteiger partial charge is 0.330 e. The van der Waals surface area contributed by atoms with Crippen molar-refractivity contribution in [2.45, 2.75) is 13.5 Å². The fourth-order valence-corrected chi connectivity index (χ4v) is 3.23. The fraction of sp³-hybridized carbons (Fsp3) is 0.227. The Morgan fingerprint density at radius 1 is 1.19 bits per heavy atom. The molecule has 0 unspecified atom stereocenters. The number of aryl methyl sites for hydroxylation is 1. The number of carbonyl (C=O) groups is 1. The first kappa shape index (κ1) is 22.0. The van der Waals surface area contributed by atoms with E-state index in [1.54, 1.807) is 19.1 Å². The van der Waals surface area contributed by atoms with Gasteiger partial charge in [-0.3, -0.25) is 24.0 Å². The van der Waals surface area contributed by atoms with Gasteiger partial charge in [-0.25, -0.2) is 9.18 Å². The van der Waals surface area contributed by atoms with E-state index in [4.69, 9.17) is 10.5 Å². The van der Waals surface area contributed by atoms with Gasteiger partial charge in [0.2, 0.25) is 0 Å². The molecule has 0 aliphatic rings. The highest BCUT2D eigenvalue weighted by Crippen LogP contribution is 2.22. The van der Waals surface area contributed by atoms with Crippen LogP contribution in [-0.2, 0) is 11.3 Å². The Labute approximate surface area is 177 Å². The van der Waals surface area contributed by atoms with Crippen molar-refractivity contribution in [3.05, 3.63) is 91.9 Å². The number of benzene rings is 2. The molecule has 0 saturated heterocycles. The lowest BCUT2D eigenvalue weighted by Crippen LogP contribution is -2.42. The van der Waals surface area contributed by atoms with Crippen molar-refractivity contribution in [3.63, 3.8) is 0 Å². The van der Waals surface area contributed by atoms with E-state index >= 15 is 0 Å². The Kier molecular flexibility index (Phi) is 6.66. The number of ether oxygens (including phenoxy) is 1. The minimum atomic E-state index is -0.815. The van der Waals surface area contributed by atoms with Crippen LogP contribution in [0.4, 0.5) is 15.9 Å². The predicted molar refractivity (Wildman–Crippen MR) is 116 cm³/mol. The van der Waals surface area contributed by atoms with Crippen LogP contribution in [-0.4, -0.2) is 35.7 Å². The van der Waals surface area contributed by atoms with Crippen LogP contribution in [0.25, 0.3) is 0 Å². The van der Waals surface area contributed by atoms with Gasteiger partial charge in [-0.2, -0.15) is 0 Å². The van der Waals surface area contributed by atoms with E-state index in [-0.39, 0.29) is 36.8 Å². The summed E-state index contributed by atoms with van der Waals surface area (Å²) in [6.07, 6.45) is 0. The number of nitrogen functional groups attached to an aromatic ring is 1. The summed E-state index contributed by atoms with van der Waals surface area (Å²) < 4.78 is 20.1. The summed E-state index contributed by atoms with van der Waals surface area (Å²) in [6, 6.07) is 12.9. The number of nitrogens with one attached hydrogen (secondary N) is 1. The number of anilines is 2. The highest BCUT2D eigenvalue weighted by Gasteiger charge is 2.26. The number of nitrogens with two attached hydrogens (primary N) is 1. The summed E-state index contributed by atoms with van der Waals surface area (Å²) in [5.41, 5.74) is 5.91. The number of amides is 1. The molecule has 162 valence electrons. The van der Waals surface area contributed by atoms with Gasteiger partial charge < -0.3 is 10.5 Å². The van der Waals surface area contributed by atoms with Crippen molar-refractivity contribution in [1.82, 2.24) is 9.55 Å². The topological polar surface area (TPSA) is 110 Å². The second-order valence-corrected chi connectivity index (χ2v) is 6.97. The number of aromatic nitrogens is 2. The third-order valence-electron chi connectivity index (χ3n) is 4.86. The molecule has 3 rings (SSSR count). The zero-order chi connectivity index (χ0) is 22.5. The molecule has 3 aromatic rings. The third-order valence-corrected chi connectivity index (χ3v) is 4.86. The number of halogens is 1. The van der Waals surface area contributed by atoms with Crippen molar-refractivity contribution < 1.29 is 13.9 Å². The van der Waals surface area contributed by atoms with Crippen LogP contribution in [0.15, 0.2) is 58.1 Å². The first-order chi connectivity index (χ1) is 14.8. The van der Waals surface area contributed by atoms with E-state index in [1.807, 2.05) is 18.2 Å². The molecule has 31 heavy (non-hydrogen) atoms. The maximum atomic E-state index is 13.8. The van der Waals surface area contributed by atoms with Gasteiger partial charge >= 0.3 is 5.69 Å². The van der Waals surface area contributed by atoms with Gasteiger partial charge in [0.15, 0.2) is 5.69 Å². The molecule has 0 aliphatic heterocycles. The predicted octanol–water partition coefficient (Wildman–Crippen LogP) is 1.91. The highest BCUT2D eigenvalue weighted by molar-refractivity contribution is 6.08. The fourth-order valence-electron chi connectivity index (χ4n) is 3.23. The van der Waals surface area contributed by atoms with Gasteiger partial charge in [0.25, 0.3) is 11.5 Å². The number of carbonyl (C=O) groups excluding carboxylic acids is 1. The van der Waals surface area contributed by atoms with Crippen molar-refractivity contribution in [2.24, 2.45) is 0 Å². The van der Waals surface area contributed by atoms with Crippen LogP contribution in [0, 0.1) is 12.7 Å². The standard InChI is InChI=1S/C22H23FN4O4/c1-14-8-9-16(23)12-17(14)21(29)26(10-11-31-2)18-19(24)27(22(30)25-20(18)28)13-15-6-4-3-5-7-15/h3-9,12H,10-11,13,24H2,1-2H3,(H,25,28,30). The van der Waals surface area contributed by atoms with Crippen LogP contribution < -0.4 is 21.9 Å². The van der Waals surface area contributed by atoms with Gasteiger partial charge in [-0.1, -0.05) is 36.4 Å². The van der Waals surface area contributed by atoms with Crippen molar-refractivity contribution in [3.8, 4) is 0 Å². The molecule has 0 fully saturated rings. The minimum absolute atomic E-state index is 0.0257. The van der Waals surface area contributed by atoms with Crippen LogP contribution in [0.1, 0.15) is 21.5 Å². The van der Waals surface area contributed by atoms with Gasteiger partial charge in [-0.05, 0) is 30.2 Å². The number of H-pyrrole nitrogens is 1. The lowest BCUT2D eigenvalue weighted by molar-refractivity contribution is 0.0974. The van der Waals surface area contributed by atoms with Gasteiger partial charge in [0.05, 0.1) is 13.2 Å². The van der Waals surface area contributed by atoms with E-state index in [1.165, 1.54) is 23.8 Å². The van der Waals surface area contributed by atoms with Gasteiger partial charge in [-0.15, -0.1) is 0 Å². The van der Waals surface area contributed by atoms with Gasteiger partial charge in [0.1, 0.15) is 11.6 Å². The third kappa shape index (κ3) is 4.72. The summed E-state index contributed by atoms with van der Waals surface area (Å²) in [5, 5.41) is 0. The van der Waals surface area contributed by atoms with Crippen molar-refractivity contribution >= 4 is 17.4 Å². The zero-order valence-electron chi connectivity index (χ0n) is 17.2. The molecule has 0 aliphatic carbocycles. The summed E-state index contributed by atoms with van der Waals surface area (Å²) in [4.78, 5) is 41.8. The van der Waals surface area contributed by atoms with Crippen LogP contribution in [0.2, 0.25) is 0 Å². The number of nitrogens with zero attached hydrogens (tertiary/aromatic N) is 2. The molecular formula is C22H23FN4O4. The summed E-state index contributed by atoms with van der Waals surface area (Å²) >= 11 is 0. The molecule has 1 amide bonds. The maximum absolute atomic E-state index is 13.8. The van der Waals surface area contributed by atoms with Gasteiger partial charge in [0, 0.05) is 19.2 Å². The molecule has 0 atom stereocenters. The van der Waals surface area contributed by atoms with E-state index in [0.717, 1.165) is 16.5 Å². The number of methoxy groups -OCH3 is 1. The quantitative estimate of drug-likeness (QED) is 0.600. The molecule has 0 saturated carbocycles. The average Bonchev–Trinajstić information content (AvgIpc) is 2.75. The number of hydrogen-bond acceptors (Lipinski definition) is 5. The molecule has 0 bridgehead atoms. The summed E-state index contributed by atoms with van der Waals surface area (Å²) in [7, 11) is 1.44. The SMILES string of the molecule is COCCN(C(=O)c1cc(F)ccc1C)c1c(N)n(Cc2ccccc2)c(=O)[nH]c1=O. The molecule has 8 nitrogen and oxygen atoms in total. The summed E-state index contributed by atoms with van der Waals surface area (Å²) in [5.74, 6) is -1.39. The average molecular weight is 426 g/mol. The molecule has 2 aromatic carbocycles. The number of rotatable bonds is 7. The molecule has 0 radical (unpaired) electrons. The molecular weight excluding hydrogens is 403 g/mol. The minimum Gasteiger partial charge on any atom is -0.383 e. The Bertz CT molecular complexity index is 1200. The first-order valence-electron chi connectivity index (χ1n) is 9.57. The van der Waals surface area contributed by atoms with Crippen LogP contribution in [0.3, 0.4) is 0 Å².